The normalized spacial score (nSPS) is 17.3. The van der Waals surface area contributed by atoms with Crippen molar-refractivity contribution in [3.05, 3.63) is 0 Å². The highest BCUT2D eigenvalue weighted by atomic mass is 32.1. The summed E-state index contributed by atoms with van der Waals surface area (Å²) in [6, 6.07) is 2.46. The summed E-state index contributed by atoms with van der Waals surface area (Å²) in [7, 11) is 0. The number of carbonyl (C=O) groups excluding carboxylic acids is 1. The fourth-order valence-electron chi connectivity index (χ4n) is 1.48. The first-order valence-corrected chi connectivity index (χ1v) is 5.95. The molecule has 1 aliphatic carbocycles. The maximum atomic E-state index is 12.0. The lowest BCUT2D eigenvalue weighted by atomic mass is 10.1. The monoisotopic (exact) mass is 226 g/mol. The second kappa shape index (κ2) is 5.41. The van der Waals surface area contributed by atoms with E-state index < -0.39 is 0 Å². The number of carbonyl (C=O) groups is 1. The van der Waals surface area contributed by atoms with Crippen molar-refractivity contribution in [2.24, 2.45) is 5.92 Å². The average molecular weight is 226 g/mol. The lowest BCUT2D eigenvalue weighted by Crippen LogP contribution is -2.41. The van der Waals surface area contributed by atoms with Crippen molar-refractivity contribution in [1.82, 2.24) is 4.90 Å². The lowest BCUT2D eigenvalue weighted by molar-refractivity contribution is -0.131. The van der Waals surface area contributed by atoms with Crippen LogP contribution in [0.4, 0.5) is 0 Å². The van der Waals surface area contributed by atoms with Crippen molar-refractivity contribution < 1.29 is 4.79 Å². The third kappa shape index (κ3) is 3.42. The van der Waals surface area contributed by atoms with E-state index in [1.54, 1.807) is 0 Å². The molecular formula is C11H18N2OS. The third-order valence-corrected chi connectivity index (χ3v) is 3.44. The first-order valence-electron chi connectivity index (χ1n) is 5.43. The predicted molar refractivity (Wildman–Crippen MR) is 62.6 cm³/mol. The Morgan fingerprint density at radius 2 is 2.20 bits per heavy atom. The number of nitrogens with zero attached hydrogens (tertiary/aromatic N) is 2. The molecule has 0 heterocycles. The van der Waals surface area contributed by atoms with Crippen LogP contribution >= 0.6 is 12.6 Å². The van der Waals surface area contributed by atoms with E-state index in [-0.39, 0.29) is 17.1 Å². The fourth-order valence-corrected chi connectivity index (χ4v) is 1.63. The Labute approximate surface area is 96.9 Å². The van der Waals surface area contributed by atoms with Gasteiger partial charge in [-0.1, -0.05) is 13.8 Å². The second-order valence-corrected chi connectivity index (χ2v) is 4.92. The van der Waals surface area contributed by atoms with Crippen LogP contribution in [-0.4, -0.2) is 28.6 Å². The van der Waals surface area contributed by atoms with Crippen molar-refractivity contribution >= 4 is 18.5 Å². The van der Waals surface area contributed by atoms with E-state index in [1.165, 1.54) is 0 Å². The molecule has 3 nitrogen and oxygen atoms in total. The van der Waals surface area contributed by atoms with Crippen LogP contribution in [0.25, 0.3) is 0 Å². The van der Waals surface area contributed by atoms with Crippen LogP contribution in [0.3, 0.4) is 0 Å². The molecule has 1 atom stereocenters. The van der Waals surface area contributed by atoms with Gasteiger partial charge < -0.3 is 4.90 Å². The summed E-state index contributed by atoms with van der Waals surface area (Å²) in [4.78, 5) is 13.8. The first kappa shape index (κ1) is 12.4. The summed E-state index contributed by atoms with van der Waals surface area (Å²) in [5, 5.41) is 8.31. The minimum absolute atomic E-state index is 0.0890. The third-order valence-electron chi connectivity index (χ3n) is 2.62. The smallest absolute Gasteiger partial charge is 0.235 e. The van der Waals surface area contributed by atoms with Gasteiger partial charge in [0.05, 0.1) is 17.7 Å². The van der Waals surface area contributed by atoms with Gasteiger partial charge in [-0.3, -0.25) is 4.79 Å². The van der Waals surface area contributed by atoms with E-state index >= 15 is 0 Å². The molecule has 0 aliphatic heterocycles. The zero-order valence-electron chi connectivity index (χ0n) is 9.31. The topological polar surface area (TPSA) is 44.1 Å². The number of amides is 1. The molecule has 1 unspecified atom stereocenters. The van der Waals surface area contributed by atoms with Crippen LogP contribution in [0.5, 0.6) is 0 Å². The minimum atomic E-state index is -0.232. The van der Waals surface area contributed by atoms with E-state index in [4.69, 9.17) is 5.26 Å². The molecule has 0 saturated heterocycles. The van der Waals surface area contributed by atoms with Crippen molar-refractivity contribution in [1.29, 1.82) is 5.26 Å². The Balaban J connectivity index is 2.55. The minimum Gasteiger partial charge on any atom is -0.338 e. The van der Waals surface area contributed by atoms with Crippen LogP contribution in [-0.2, 0) is 4.79 Å². The van der Waals surface area contributed by atoms with Crippen molar-refractivity contribution in [2.45, 2.75) is 44.4 Å². The molecule has 1 rings (SSSR count). The highest BCUT2D eigenvalue weighted by molar-refractivity contribution is 7.81. The van der Waals surface area contributed by atoms with Gasteiger partial charge in [0.25, 0.3) is 0 Å². The van der Waals surface area contributed by atoms with Gasteiger partial charge in [0, 0.05) is 12.6 Å². The number of thiol groups is 1. The molecular weight excluding hydrogens is 208 g/mol. The number of hydrogen-bond acceptors (Lipinski definition) is 3. The Morgan fingerprint density at radius 3 is 2.60 bits per heavy atom. The van der Waals surface area contributed by atoms with Gasteiger partial charge >= 0.3 is 0 Å². The van der Waals surface area contributed by atoms with Crippen molar-refractivity contribution in [2.75, 3.05) is 6.54 Å². The van der Waals surface area contributed by atoms with E-state index in [9.17, 15) is 4.79 Å². The van der Waals surface area contributed by atoms with E-state index in [2.05, 4.69) is 18.7 Å². The van der Waals surface area contributed by atoms with Crippen LogP contribution in [0, 0.1) is 17.2 Å². The fraction of sp³-hybridized carbons (Fsp3) is 0.818. The van der Waals surface area contributed by atoms with Crippen LogP contribution in [0.1, 0.15) is 33.1 Å². The number of nitriles is 1. The molecule has 0 aromatic rings. The molecule has 0 bridgehead atoms. The van der Waals surface area contributed by atoms with Crippen LogP contribution < -0.4 is 0 Å². The molecule has 84 valence electrons. The zero-order valence-corrected chi connectivity index (χ0v) is 10.2. The molecule has 1 amide bonds. The van der Waals surface area contributed by atoms with Gasteiger partial charge in [0.1, 0.15) is 0 Å². The summed E-state index contributed by atoms with van der Waals surface area (Å²) >= 11 is 4.33. The molecule has 1 fully saturated rings. The van der Waals surface area contributed by atoms with Gasteiger partial charge in [0.2, 0.25) is 5.91 Å². The van der Waals surface area contributed by atoms with E-state index in [0.717, 1.165) is 12.8 Å². The van der Waals surface area contributed by atoms with Gasteiger partial charge in [-0.15, -0.1) is 0 Å². The van der Waals surface area contributed by atoms with Crippen LogP contribution in [0.15, 0.2) is 0 Å². The Hall–Kier alpha value is -0.690. The highest BCUT2D eigenvalue weighted by Gasteiger charge is 2.35. The molecule has 0 spiro atoms. The van der Waals surface area contributed by atoms with Gasteiger partial charge in [-0.2, -0.15) is 17.9 Å². The molecule has 0 aromatic heterocycles. The summed E-state index contributed by atoms with van der Waals surface area (Å²) in [6.45, 7) is 4.54. The number of hydrogen-bond donors (Lipinski definition) is 1. The first-order chi connectivity index (χ1) is 7.07. The van der Waals surface area contributed by atoms with Crippen molar-refractivity contribution in [3.63, 3.8) is 0 Å². The maximum absolute atomic E-state index is 12.0. The van der Waals surface area contributed by atoms with Crippen molar-refractivity contribution in [3.8, 4) is 6.07 Å². The highest BCUT2D eigenvalue weighted by Crippen LogP contribution is 2.29. The molecule has 0 N–H and O–H groups in total. The van der Waals surface area contributed by atoms with Crippen LogP contribution in [0.2, 0.25) is 0 Å². The quantitative estimate of drug-likeness (QED) is 0.727. The molecule has 1 saturated carbocycles. The summed E-state index contributed by atoms with van der Waals surface area (Å²) in [5.74, 6) is 0.329. The summed E-state index contributed by atoms with van der Waals surface area (Å²) in [5.41, 5.74) is 0. The van der Waals surface area contributed by atoms with Gasteiger partial charge in [-0.05, 0) is 18.8 Å². The predicted octanol–water partition coefficient (Wildman–Crippen LogP) is 1.85. The second-order valence-electron chi connectivity index (χ2n) is 4.36. The number of rotatable bonds is 5. The molecule has 15 heavy (non-hydrogen) atoms. The Kier molecular flexibility index (Phi) is 4.46. The van der Waals surface area contributed by atoms with Gasteiger partial charge in [-0.25, -0.2) is 0 Å². The lowest BCUT2D eigenvalue weighted by Gasteiger charge is -2.26. The summed E-state index contributed by atoms with van der Waals surface area (Å²) < 4.78 is 0. The largest absolute Gasteiger partial charge is 0.338 e. The van der Waals surface area contributed by atoms with Gasteiger partial charge in [0.15, 0.2) is 0 Å². The molecule has 4 heteroatoms. The van der Waals surface area contributed by atoms with E-state index in [0.29, 0.717) is 19.0 Å². The Morgan fingerprint density at radius 1 is 1.60 bits per heavy atom. The molecule has 1 aliphatic rings. The Bertz CT molecular complexity index is 268. The average Bonchev–Trinajstić information content (AvgIpc) is 3.00. The SMILES string of the molecule is CC(C)C(S)C(=O)N(CCC#N)C1CC1. The summed E-state index contributed by atoms with van der Waals surface area (Å²) in [6.07, 6.45) is 2.58. The maximum Gasteiger partial charge on any atom is 0.235 e. The molecule has 0 aromatic carbocycles. The standard InChI is InChI=1S/C11H18N2OS/c1-8(2)10(15)11(14)13(7-3-6-12)9-4-5-9/h8-10,15H,3-5,7H2,1-2H3. The zero-order chi connectivity index (χ0) is 11.4. The van der Waals surface area contributed by atoms with E-state index in [1.807, 2.05) is 18.7 Å². The molecule has 0 radical (unpaired) electrons.